The van der Waals surface area contributed by atoms with Gasteiger partial charge in [0.25, 0.3) is 0 Å². The van der Waals surface area contributed by atoms with E-state index in [9.17, 15) is 4.79 Å². The van der Waals surface area contributed by atoms with Crippen molar-refractivity contribution in [1.29, 1.82) is 0 Å². The molecule has 1 N–H and O–H groups in total. The number of hydrogen-bond acceptors (Lipinski definition) is 5. The summed E-state index contributed by atoms with van der Waals surface area (Å²) >= 11 is 4.88. The number of pyridine rings is 1. The Kier molecular flexibility index (Phi) is 4.60. The Balaban J connectivity index is 1.76. The van der Waals surface area contributed by atoms with E-state index >= 15 is 0 Å². The van der Waals surface area contributed by atoms with Gasteiger partial charge in [-0.2, -0.15) is 9.61 Å². The molecule has 26 heavy (non-hydrogen) atoms. The van der Waals surface area contributed by atoms with Gasteiger partial charge in [-0.3, -0.25) is 9.97 Å². The molecule has 0 aliphatic carbocycles. The summed E-state index contributed by atoms with van der Waals surface area (Å²) in [5.74, 6) is 0.626. The second kappa shape index (κ2) is 7.05. The number of rotatable bonds is 4. The zero-order valence-corrected chi connectivity index (χ0v) is 16.2. The molecule has 0 bridgehead atoms. The van der Waals surface area contributed by atoms with Gasteiger partial charge < -0.3 is 0 Å². The lowest BCUT2D eigenvalue weighted by molar-refractivity contribution is 0.779. The molecule has 0 aliphatic rings. The number of hydrogen-bond donors (Lipinski definition) is 1. The molecule has 8 heteroatoms. The molecular weight excluding hydrogens is 414 g/mol. The summed E-state index contributed by atoms with van der Waals surface area (Å²) in [6.07, 6.45) is 1.75. The van der Waals surface area contributed by atoms with E-state index in [4.69, 9.17) is 0 Å². The smallest absolute Gasteiger partial charge is 0.285 e. The molecule has 0 amide bonds. The van der Waals surface area contributed by atoms with Crippen molar-refractivity contribution in [1.82, 2.24) is 24.6 Å². The Morgan fingerprint density at radius 3 is 2.73 bits per heavy atom. The average Bonchev–Trinajstić information content (AvgIpc) is 2.98. The van der Waals surface area contributed by atoms with E-state index in [1.165, 1.54) is 16.3 Å². The predicted octanol–water partition coefficient (Wildman–Crippen LogP) is 3.84. The lowest BCUT2D eigenvalue weighted by Crippen LogP contribution is -2.19. The van der Waals surface area contributed by atoms with Gasteiger partial charge in [0.2, 0.25) is 0 Å². The molecule has 0 aliphatic heterocycles. The van der Waals surface area contributed by atoms with Gasteiger partial charge in [-0.05, 0) is 36.8 Å². The van der Waals surface area contributed by atoms with Gasteiger partial charge in [0.1, 0.15) is 0 Å². The average molecular weight is 428 g/mol. The Bertz CT molecular complexity index is 1120. The fourth-order valence-electron chi connectivity index (χ4n) is 2.68. The third-order valence-electron chi connectivity index (χ3n) is 3.87. The maximum atomic E-state index is 12.4. The predicted molar refractivity (Wildman–Crippen MR) is 105 cm³/mol. The highest BCUT2D eigenvalue weighted by Gasteiger charge is 2.16. The molecule has 6 nitrogen and oxygen atoms in total. The number of fused-ring (bicyclic) bond motifs is 1. The van der Waals surface area contributed by atoms with Crippen LogP contribution in [0.1, 0.15) is 11.4 Å². The molecule has 0 spiro atoms. The Labute approximate surface area is 161 Å². The van der Waals surface area contributed by atoms with Crippen molar-refractivity contribution >= 4 is 33.3 Å². The highest BCUT2D eigenvalue weighted by atomic mass is 79.9. The minimum absolute atomic E-state index is 0.301. The SMILES string of the molecule is Cc1nn2c(=O)[nH]c(SCc3ccccn3)nc2c1-c1ccc(Br)cc1. The number of benzene rings is 1. The maximum absolute atomic E-state index is 12.4. The quantitative estimate of drug-likeness (QED) is 0.500. The molecule has 0 saturated carbocycles. The Hall–Kier alpha value is -2.45. The number of thioether (sulfide) groups is 1. The summed E-state index contributed by atoms with van der Waals surface area (Å²) in [4.78, 5) is 24.1. The fraction of sp³-hybridized carbons (Fsp3) is 0.111. The zero-order chi connectivity index (χ0) is 18.1. The number of aromatic amines is 1. The zero-order valence-electron chi connectivity index (χ0n) is 13.8. The molecule has 1 aromatic carbocycles. The van der Waals surface area contributed by atoms with Gasteiger partial charge in [0.15, 0.2) is 10.8 Å². The number of aromatic nitrogens is 5. The minimum Gasteiger partial charge on any atom is -0.285 e. The van der Waals surface area contributed by atoms with E-state index < -0.39 is 0 Å². The third kappa shape index (κ3) is 3.30. The molecule has 0 fully saturated rings. The summed E-state index contributed by atoms with van der Waals surface area (Å²) in [6, 6.07) is 13.6. The first-order valence-corrected chi connectivity index (χ1v) is 9.68. The lowest BCUT2D eigenvalue weighted by Gasteiger charge is -2.03. The van der Waals surface area contributed by atoms with Crippen LogP contribution in [0.15, 0.2) is 63.1 Å². The van der Waals surface area contributed by atoms with Crippen molar-refractivity contribution in [2.75, 3.05) is 0 Å². The number of nitrogens with zero attached hydrogens (tertiary/aromatic N) is 4. The van der Waals surface area contributed by atoms with Crippen molar-refractivity contribution in [3.05, 3.63) is 75.0 Å². The number of halogens is 1. The van der Waals surface area contributed by atoms with Crippen molar-refractivity contribution in [3.8, 4) is 11.1 Å². The van der Waals surface area contributed by atoms with Crippen molar-refractivity contribution in [2.24, 2.45) is 0 Å². The van der Waals surface area contributed by atoms with Crippen LogP contribution in [0.3, 0.4) is 0 Å². The first kappa shape index (κ1) is 17.0. The summed E-state index contributed by atoms with van der Waals surface area (Å²) in [6.45, 7) is 1.88. The molecular formula is C18H14BrN5OS. The van der Waals surface area contributed by atoms with E-state index in [-0.39, 0.29) is 5.69 Å². The summed E-state index contributed by atoms with van der Waals surface area (Å²) in [7, 11) is 0. The molecule has 0 atom stereocenters. The monoisotopic (exact) mass is 427 g/mol. The van der Waals surface area contributed by atoms with Gasteiger partial charge >= 0.3 is 5.69 Å². The number of H-pyrrole nitrogens is 1. The first-order chi connectivity index (χ1) is 12.6. The van der Waals surface area contributed by atoms with Crippen LogP contribution in [0, 0.1) is 6.92 Å². The van der Waals surface area contributed by atoms with Gasteiger partial charge in [-0.25, -0.2) is 9.78 Å². The molecule has 3 heterocycles. The van der Waals surface area contributed by atoms with Crippen LogP contribution < -0.4 is 5.69 Å². The van der Waals surface area contributed by atoms with Crippen LogP contribution in [-0.2, 0) is 5.75 Å². The number of aryl methyl sites for hydroxylation is 1. The van der Waals surface area contributed by atoms with Gasteiger partial charge in [0, 0.05) is 22.0 Å². The largest absolute Gasteiger partial charge is 0.350 e. The Morgan fingerprint density at radius 2 is 2.00 bits per heavy atom. The highest BCUT2D eigenvalue weighted by Crippen LogP contribution is 2.28. The van der Waals surface area contributed by atoms with E-state index in [1.807, 2.05) is 49.4 Å². The van der Waals surface area contributed by atoms with Crippen molar-refractivity contribution in [2.45, 2.75) is 17.8 Å². The van der Waals surface area contributed by atoms with Gasteiger partial charge in [-0.1, -0.05) is 45.9 Å². The van der Waals surface area contributed by atoms with Crippen LogP contribution in [0.2, 0.25) is 0 Å². The Morgan fingerprint density at radius 1 is 1.19 bits per heavy atom. The second-order valence-electron chi connectivity index (χ2n) is 5.66. The van der Waals surface area contributed by atoms with Crippen molar-refractivity contribution in [3.63, 3.8) is 0 Å². The highest BCUT2D eigenvalue weighted by molar-refractivity contribution is 9.10. The van der Waals surface area contributed by atoms with E-state index in [0.29, 0.717) is 16.6 Å². The van der Waals surface area contributed by atoms with E-state index in [0.717, 1.165) is 27.0 Å². The fourth-order valence-corrected chi connectivity index (χ4v) is 3.71. The normalized spacial score (nSPS) is 11.2. The van der Waals surface area contributed by atoms with Gasteiger partial charge in [-0.15, -0.1) is 0 Å². The second-order valence-corrected chi connectivity index (χ2v) is 7.54. The lowest BCUT2D eigenvalue weighted by atomic mass is 10.1. The van der Waals surface area contributed by atoms with Crippen molar-refractivity contribution < 1.29 is 0 Å². The summed E-state index contributed by atoms with van der Waals surface area (Å²) in [5, 5.41) is 4.90. The third-order valence-corrected chi connectivity index (χ3v) is 5.30. The molecule has 130 valence electrons. The summed E-state index contributed by atoms with van der Waals surface area (Å²) < 4.78 is 2.31. The van der Waals surface area contributed by atoms with Crippen LogP contribution in [0.25, 0.3) is 16.8 Å². The van der Waals surface area contributed by atoms with E-state index in [2.05, 4.69) is 36.0 Å². The molecule has 4 aromatic rings. The topological polar surface area (TPSA) is 75.9 Å². The van der Waals surface area contributed by atoms with Crippen LogP contribution >= 0.6 is 27.7 Å². The van der Waals surface area contributed by atoms with Gasteiger partial charge in [0.05, 0.1) is 11.4 Å². The van der Waals surface area contributed by atoms with Crippen LogP contribution in [0.4, 0.5) is 0 Å². The standard InChI is InChI=1S/C18H14BrN5OS/c1-11-15(12-5-7-13(19)8-6-12)16-21-17(22-18(25)24(16)23-11)26-10-14-4-2-3-9-20-14/h2-9H,10H2,1H3,(H,21,22,25). The molecule has 0 unspecified atom stereocenters. The van der Waals surface area contributed by atoms with E-state index in [1.54, 1.807) is 6.20 Å². The summed E-state index contributed by atoms with van der Waals surface area (Å²) in [5.41, 5.74) is 3.78. The number of nitrogens with one attached hydrogen (secondary N) is 1. The van der Waals surface area contributed by atoms with Crippen LogP contribution in [-0.4, -0.2) is 24.6 Å². The molecule has 3 aromatic heterocycles. The van der Waals surface area contributed by atoms with Crippen LogP contribution in [0.5, 0.6) is 0 Å². The molecule has 0 saturated heterocycles. The maximum Gasteiger partial charge on any atom is 0.350 e. The first-order valence-electron chi connectivity index (χ1n) is 7.90. The molecule has 4 rings (SSSR count). The molecule has 0 radical (unpaired) electrons. The minimum atomic E-state index is -0.301.